The van der Waals surface area contributed by atoms with Crippen molar-refractivity contribution in [2.75, 3.05) is 19.0 Å². The number of nitrogens with zero attached hydrogens (tertiary/aromatic N) is 4. The number of hydrogen-bond acceptors (Lipinski definition) is 11. The molecule has 5 atom stereocenters. The van der Waals surface area contributed by atoms with E-state index in [-0.39, 0.29) is 5.65 Å². The number of aliphatic hydroxyl groups excluding tert-OH is 2. The summed E-state index contributed by atoms with van der Waals surface area (Å²) in [6.45, 7) is -0.800. The van der Waals surface area contributed by atoms with E-state index < -0.39 is 46.8 Å². The fourth-order valence-corrected chi connectivity index (χ4v) is 4.24. The Morgan fingerprint density at radius 1 is 1.21 bits per heavy atom. The molecule has 1 aliphatic heterocycles. The highest BCUT2D eigenvalue weighted by atomic mass is 31.3. The van der Waals surface area contributed by atoms with Crippen molar-refractivity contribution in [3.63, 3.8) is 0 Å². The highest BCUT2D eigenvalue weighted by Gasteiger charge is 2.46. The number of anilines is 1. The monoisotopic (exact) mass is 441 g/mol. The number of fused-ring (bicyclic) bond motifs is 1. The fourth-order valence-electron chi connectivity index (χ4n) is 2.64. The Morgan fingerprint density at radius 2 is 1.93 bits per heavy atom. The van der Waals surface area contributed by atoms with E-state index in [2.05, 4.69) is 29.1 Å². The van der Waals surface area contributed by atoms with Gasteiger partial charge in [0.15, 0.2) is 17.7 Å². The smallest absolute Gasteiger partial charge is 0.387 e. The van der Waals surface area contributed by atoms with Gasteiger partial charge in [-0.25, -0.2) is 24.1 Å². The topological polar surface area (TPSA) is 219 Å². The van der Waals surface area contributed by atoms with Gasteiger partial charge in [0.25, 0.3) is 0 Å². The highest BCUT2D eigenvalue weighted by Crippen LogP contribution is 2.57. The second-order valence-corrected chi connectivity index (χ2v) is 8.51. The molecule has 0 aliphatic carbocycles. The number of nitrogens with one attached hydrogen (secondary N) is 1. The predicted molar refractivity (Wildman–Crippen MR) is 89.7 cm³/mol. The minimum atomic E-state index is -5.29. The molecule has 1 aliphatic rings. The van der Waals surface area contributed by atoms with Crippen molar-refractivity contribution in [1.82, 2.24) is 19.5 Å². The lowest BCUT2D eigenvalue weighted by Crippen LogP contribution is -2.33. The van der Waals surface area contributed by atoms with Crippen molar-refractivity contribution < 1.29 is 47.6 Å². The maximum atomic E-state index is 11.5. The number of hydrogen-bond donors (Lipinski definition) is 6. The van der Waals surface area contributed by atoms with Crippen molar-refractivity contribution in [3.05, 3.63) is 12.7 Å². The van der Waals surface area contributed by atoms with Crippen molar-refractivity contribution in [2.24, 2.45) is 0 Å². The molecule has 15 nitrogen and oxygen atoms in total. The van der Waals surface area contributed by atoms with E-state index in [1.807, 2.05) is 0 Å². The third-order valence-electron chi connectivity index (χ3n) is 3.82. The van der Waals surface area contributed by atoms with Crippen molar-refractivity contribution in [3.8, 4) is 0 Å². The Bertz CT molecular complexity index is 949. The summed E-state index contributed by atoms with van der Waals surface area (Å²) in [6.07, 6.45) is -2.97. The highest BCUT2D eigenvalue weighted by molar-refractivity contribution is 7.60. The minimum absolute atomic E-state index is 0.287. The van der Waals surface area contributed by atoms with Gasteiger partial charge in [-0.15, -0.1) is 0 Å². The molecule has 0 bridgehead atoms. The fraction of sp³-hybridized carbons (Fsp3) is 0.545. The number of rotatable bonds is 7. The molecule has 17 heteroatoms. The Morgan fingerprint density at radius 3 is 2.57 bits per heavy atom. The molecule has 3 heterocycles. The van der Waals surface area contributed by atoms with E-state index in [1.54, 1.807) is 7.05 Å². The van der Waals surface area contributed by atoms with Crippen molar-refractivity contribution >= 4 is 32.6 Å². The largest absolute Gasteiger partial charge is 0.481 e. The quantitative estimate of drug-likeness (QED) is 0.276. The number of phosphoric acid groups is 2. The van der Waals surface area contributed by atoms with E-state index in [4.69, 9.17) is 14.5 Å². The molecular weight excluding hydrogens is 424 g/mol. The molecule has 3 rings (SSSR count). The van der Waals surface area contributed by atoms with Crippen LogP contribution in [-0.4, -0.2) is 76.4 Å². The lowest BCUT2D eigenvalue weighted by molar-refractivity contribution is -0.0503. The number of imidazole rings is 1. The van der Waals surface area contributed by atoms with E-state index in [0.29, 0.717) is 11.3 Å². The molecule has 1 fully saturated rings. The van der Waals surface area contributed by atoms with Gasteiger partial charge in [-0.2, -0.15) is 4.31 Å². The second-order valence-electron chi connectivity index (χ2n) is 5.68. The molecule has 1 saturated heterocycles. The Kier molecular flexibility index (Phi) is 5.85. The zero-order chi connectivity index (χ0) is 20.7. The van der Waals surface area contributed by atoms with Gasteiger partial charge in [-0.1, -0.05) is 0 Å². The summed E-state index contributed by atoms with van der Waals surface area (Å²) in [6, 6.07) is 0. The van der Waals surface area contributed by atoms with Crippen LogP contribution in [0.15, 0.2) is 12.7 Å². The first-order valence-electron chi connectivity index (χ1n) is 7.63. The second kappa shape index (κ2) is 7.72. The summed E-state index contributed by atoms with van der Waals surface area (Å²) in [7, 11) is -8.78. The van der Waals surface area contributed by atoms with Gasteiger partial charge in [0.1, 0.15) is 30.2 Å². The molecule has 1 unspecified atom stereocenters. The maximum Gasteiger partial charge on any atom is 0.481 e. The molecule has 28 heavy (non-hydrogen) atoms. The number of aromatic nitrogens is 4. The summed E-state index contributed by atoms with van der Waals surface area (Å²) in [5.74, 6) is 0.424. The van der Waals surface area contributed by atoms with Gasteiger partial charge in [0.2, 0.25) is 0 Å². The molecule has 0 saturated carbocycles. The maximum absolute atomic E-state index is 11.5. The minimum Gasteiger partial charge on any atom is -0.387 e. The Hall–Kier alpha value is -1.51. The van der Waals surface area contributed by atoms with Crippen LogP contribution in [0.3, 0.4) is 0 Å². The van der Waals surface area contributed by atoms with Crippen LogP contribution in [0.25, 0.3) is 11.2 Å². The van der Waals surface area contributed by atoms with Crippen LogP contribution in [0.2, 0.25) is 0 Å². The van der Waals surface area contributed by atoms with E-state index in [0.717, 1.165) is 0 Å². The first kappa shape index (κ1) is 21.2. The average Bonchev–Trinajstić information content (AvgIpc) is 3.13. The van der Waals surface area contributed by atoms with E-state index >= 15 is 0 Å². The van der Waals surface area contributed by atoms with Gasteiger partial charge in [-0.05, 0) is 0 Å². The van der Waals surface area contributed by atoms with Gasteiger partial charge < -0.3 is 34.9 Å². The Balaban J connectivity index is 1.76. The van der Waals surface area contributed by atoms with Crippen LogP contribution in [0, 0.1) is 0 Å². The summed E-state index contributed by atoms with van der Waals surface area (Å²) < 4.78 is 37.1. The van der Waals surface area contributed by atoms with Crippen LogP contribution < -0.4 is 5.32 Å². The molecule has 0 radical (unpaired) electrons. The first-order valence-corrected chi connectivity index (χ1v) is 10.7. The molecule has 2 aromatic rings. The number of aliphatic hydroxyl groups is 2. The van der Waals surface area contributed by atoms with Crippen LogP contribution in [0.1, 0.15) is 6.23 Å². The zero-order valence-corrected chi connectivity index (χ0v) is 15.9. The predicted octanol–water partition coefficient (Wildman–Crippen LogP) is -1.29. The number of ether oxygens (including phenoxy) is 1. The summed E-state index contributed by atoms with van der Waals surface area (Å²) in [5.41, 5.74) is 0.666. The molecule has 2 aromatic heterocycles. The molecule has 6 N–H and O–H groups in total. The molecular formula is C11H17N5O10P2. The van der Waals surface area contributed by atoms with Gasteiger partial charge in [-0.3, -0.25) is 9.09 Å². The lowest BCUT2D eigenvalue weighted by atomic mass is 10.1. The van der Waals surface area contributed by atoms with Gasteiger partial charge in [0.05, 0.1) is 12.9 Å². The Labute approximate surface area is 156 Å². The van der Waals surface area contributed by atoms with Gasteiger partial charge in [0, 0.05) is 7.05 Å². The normalized spacial score (nSPS) is 27.8. The van der Waals surface area contributed by atoms with Crippen LogP contribution in [-0.2, 0) is 22.7 Å². The third kappa shape index (κ3) is 4.39. The molecule has 0 aromatic carbocycles. The van der Waals surface area contributed by atoms with Crippen molar-refractivity contribution in [1.29, 1.82) is 0 Å². The third-order valence-corrected chi connectivity index (χ3v) is 5.97. The van der Waals surface area contributed by atoms with Crippen LogP contribution >= 0.6 is 15.6 Å². The van der Waals surface area contributed by atoms with Crippen LogP contribution in [0.4, 0.5) is 5.82 Å². The lowest BCUT2D eigenvalue weighted by Gasteiger charge is -2.17. The first-order chi connectivity index (χ1) is 13.0. The summed E-state index contributed by atoms with van der Waals surface area (Å²) in [5, 5.41) is 23.2. The zero-order valence-electron chi connectivity index (χ0n) is 14.1. The summed E-state index contributed by atoms with van der Waals surface area (Å²) >= 11 is 0. The van der Waals surface area contributed by atoms with E-state index in [1.165, 1.54) is 17.2 Å². The SMILES string of the molecule is CNc1ncnc2c1ncn2[C@@H]1O[C@H](COP(=O)(O)OP(=O)(O)O)[C@@H](O)[C@H]1O. The van der Waals surface area contributed by atoms with Gasteiger partial charge >= 0.3 is 15.6 Å². The number of phosphoric ester groups is 1. The van der Waals surface area contributed by atoms with Crippen LogP contribution in [0.5, 0.6) is 0 Å². The average molecular weight is 441 g/mol. The standard InChI is InChI=1S/C11H17N5O10P2/c1-12-9-6-10(14-3-13-9)16(4-15-6)11-8(18)7(17)5(25-11)2-24-28(22,23)26-27(19,20)21/h3-5,7-8,11,17-18H,2H2,1H3,(H,22,23)(H,12,13,14)(H2,19,20,21)/t5-,7-,8-,11-/m1/s1. The molecule has 0 amide bonds. The van der Waals surface area contributed by atoms with Crippen molar-refractivity contribution in [2.45, 2.75) is 24.5 Å². The molecule has 0 spiro atoms. The summed E-state index contributed by atoms with van der Waals surface area (Å²) in [4.78, 5) is 38.6. The van der Waals surface area contributed by atoms with E-state index in [9.17, 15) is 24.2 Å². The molecule has 156 valence electrons.